The Hall–Kier alpha value is -2.02. The summed E-state index contributed by atoms with van der Waals surface area (Å²) >= 11 is 0. The predicted octanol–water partition coefficient (Wildman–Crippen LogP) is 7.66. The summed E-state index contributed by atoms with van der Waals surface area (Å²) < 4.78 is 119. The molecular formula is C25H35F9O4. The molecule has 4 nitrogen and oxygen atoms in total. The van der Waals surface area contributed by atoms with Gasteiger partial charge in [0, 0.05) is 0 Å². The molecule has 13 heteroatoms. The van der Waals surface area contributed by atoms with Gasteiger partial charge in [-0.25, -0.2) is 0 Å². The van der Waals surface area contributed by atoms with E-state index in [2.05, 4.69) is 4.74 Å². The van der Waals surface area contributed by atoms with Gasteiger partial charge in [0.15, 0.2) is 17.3 Å². The van der Waals surface area contributed by atoms with Crippen molar-refractivity contribution in [3.05, 3.63) is 34.9 Å². The molecule has 1 aromatic carbocycles. The van der Waals surface area contributed by atoms with Crippen LogP contribution in [0.2, 0.25) is 0 Å². The average molecular weight is 571 g/mol. The molecule has 0 spiro atoms. The van der Waals surface area contributed by atoms with Gasteiger partial charge < -0.3 is 14.9 Å². The van der Waals surface area contributed by atoms with E-state index < -0.39 is 58.3 Å². The smallest absolute Gasteiger partial charge is 0.425 e. The molecule has 0 amide bonds. The summed E-state index contributed by atoms with van der Waals surface area (Å²) in [6, 6.07) is 2.60. The second-order valence-electron chi connectivity index (χ2n) is 10.1. The van der Waals surface area contributed by atoms with Gasteiger partial charge in [0.05, 0.1) is 5.41 Å². The van der Waals surface area contributed by atoms with Gasteiger partial charge in [-0.3, -0.25) is 4.79 Å². The van der Waals surface area contributed by atoms with E-state index in [1.165, 1.54) is 0 Å². The topological polar surface area (TPSA) is 66.8 Å². The third kappa shape index (κ3) is 8.75. The Morgan fingerprint density at radius 3 is 1.42 bits per heavy atom. The van der Waals surface area contributed by atoms with Crippen LogP contribution >= 0.6 is 0 Å². The number of esters is 1. The van der Waals surface area contributed by atoms with Crippen LogP contribution in [0.1, 0.15) is 90.8 Å². The second-order valence-corrected chi connectivity index (χ2v) is 10.1. The van der Waals surface area contributed by atoms with Crippen molar-refractivity contribution in [1.29, 1.82) is 0 Å². The minimum absolute atomic E-state index is 0.180. The maximum Gasteiger partial charge on any atom is 0.425 e. The zero-order valence-corrected chi connectivity index (χ0v) is 22.4. The molecule has 0 aliphatic heterocycles. The Morgan fingerprint density at radius 1 is 0.789 bits per heavy atom. The number of hydrogen-bond acceptors (Lipinski definition) is 4. The van der Waals surface area contributed by atoms with Gasteiger partial charge in [0.25, 0.3) is 0 Å². The lowest BCUT2D eigenvalue weighted by Gasteiger charge is -2.32. The van der Waals surface area contributed by atoms with Crippen LogP contribution in [0.15, 0.2) is 18.2 Å². The van der Waals surface area contributed by atoms with Crippen molar-refractivity contribution in [1.82, 2.24) is 0 Å². The third-order valence-electron chi connectivity index (χ3n) is 6.55. The van der Waals surface area contributed by atoms with E-state index in [9.17, 15) is 54.5 Å². The number of ether oxygens (including phenoxy) is 1. The fraction of sp³-hybridized carbons (Fsp3) is 0.720. The van der Waals surface area contributed by atoms with Gasteiger partial charge in [-0.2, -0.15) is 39.5 Å². The van der Waals surface area contributed by atoms with Crippen LogP contribution in [0, 0.1) is 5.41 Å². The van der Waals surface area contributed by atoms with E-state index in [1.807, 2.05) is 0 Å². The third-order valence-corrected chi connectivity index (χ3v) is 6.55. The van der Waals surface area contributed by atoms with Crippen LogP contribution in [0.4, 0.5) is 39.5 Å². The number of rotatable bonds is 7. The van der Waals surface area contributed by atoms with Gasteiger partial charge in [0.2, 0.25) is 0 Å². The quantitative estimate of drug-likeness (QED) is 0.261. The summed E-state index contributed by atoms with van der Waals surface area (Å²) in [7, 11) is 0. The Labute approximate surface area is 216 Å². The lowest BCUT2D eigenvalue weighted by atomic mass is 9.84. The Morgan fingerprint density at radius 2 is 1.16 bits per heavy atom. The number of benzene rings is 1. The molecule has 0 aliphatic rings. The van der Waals surface area contributed by atoms with Gasteiger partial charge in [-0.15, -0.1) is 0 Å². The minimum atomic E-state index is -5.08. The molecule has 0 bridgehead atoms. The summed E-state index contributed by atoms with van der Waals surface area (Å²) in [5.74, 6) is -1.17. The maximum absolute atomic E-state index is 13.1. The molecule has 1 aromatic rings. The largest absolute Gasteiger partial charge is 0.453 e. The average Bonchev–Trinajstić information content (AvgIpc) is 2.76. The van der Waals surface area contributed by atoms with E-state index in [0.717, 1.165) is 19.1 Å². The highest BCUT2D eigenvalue weighted by atomic mass is 19.4. The van der Waals surface area contributed by atoms with Crippen molar-refractivity contribution in [2.75, 3.05) is 0 Å². The first-order chi connectivity index (χ1) is 16.7. The fourth-order valence-corrected chi connectivity index (χ4v) is 2.59. The molecular weight excluding hydrogens is 535 g/mol. The molecule has 4 unspecified atom stereocenters. The van der Waals surface area contributed by atoms with Crippen molar-refractivity contribution >= 4 is 5.97 Å². The molecule has 2 N–H and O–H groups in total. The molecule has 0 fully saturated rings. The Balaban J connectivity index is 0.000000835. The number of carbonyl (C=O) groups excluding carboxylic acids is 1. The van der Waals surface area contributed by atoms with E-state index in [0.29, 0.717) is 32.8 Å². The number of hydrogen-bond donors (Lipinski definition) is 2. The molecule has 1 rings (SSSR count). The molecule has 38 heavy (non-hydrogen) atoms. The number of aliphatic hydroxyl groups is 2. The first-order valence-electron chi connectivity index (χ1n) is 11.7. The first kappa shape index (κ1) is 36.0. The van der Waals surface area contributed by atoms with Crippen LogP contribution in [-0.2, 0) is 20.7 Å². The normalized spacial score (nSPS) is 17.9. The lowest BCUT2D eigenvalue weighted by molar-refractivity contribution is -0.261. The molecule has 0 saturated carbocycles. The first-order valence-corrected chi connectivity index (χ1v) is 11.7. The predicted molar refractivity (Wildman–Crippen MR) is 122 cm³/mol. The fourth-order valence-electron chi connectivity index (χ4n) is 2.59. The van der Waals surface area contributed by atoms with Crippen LogP contribution in [0.25, 0.3) is 0 Å². The van der Waals surface area contributed by atoms with Gasteiger partial charge in [0.1, 0.15) is 0 Å². The molecule has 4 atom stereocenters. The summed E-state index contributed by atoms with van der Waals surface area (Å²) in [6.07, 6.45) is -15.8. The lowest BCUT2D eigenvalue weighted by Crippen LogP contribution is -2.42. The highest BCUT2D eigenvalue weighted by molar-refractivity contribution is 5.76. The van der Waals surface area contributed by atoms with Gasteiger partial charge >= 0.3 is 24.5 Å². The summed E-state index contributed by atoms with van der Waals surface area (Å²) in [6.45, 7) is 9.94. The highest BCUT2D eigenvalue weighted by Gasteiger charge is 2.54. The van der Waals surface area contributed by atoms with E-state index in [-0.39, 0.29) is 11.5 Å². The van der Waals surface area contributed by atoms with Crippen LogP contribution in [0.5, 0.6) is 0 Å². The Kier molecular flexibility index (Phi) is 11.4. The standard InChI is InChI=1S/C16H20F6O2.C9H15F3O2/c1-5-9(2)10-6-11(13(3,23)15(17,18)19)8-12(7-10)14(4,24)16(20,21)22;1-5-8(3,4)7(13)14-6(2)9(10,11)12/h6-9,23-24H,5H2,1-4H3;6H,5H2,1-4H3. The van der Waals surface area contributed by atoms with Crippen molar-refractivity contribution in [3.8, 4) is 0 Å². The van der Waals surface area contributed by atoms with Crippen LogP contribution < -0.4 is 0 Å². The van der Waals surface area contributed by atoms with Gasteiger partial charge in [-0.1, -0.05) is 32.9 Å². The van der Waals surface area contributed by atoms with Crippen molar-refractivity contribution in [2.45, 2.75) is 110 Å². The zero-order chi connectivity index (χ0) is 30.7. The molecule has 222 valence electrons. The van der Waals surface area contributed by atoms with Crippen molar-refractivity contribution < 1.29 is 59.3 Å². The van der Waals surface area contributed by atoms with Crippen molar-refractivity contribution in [3.63, 3.8) is 0 Å². The summed E-state index contributed by atoms with van der Waals surface area (Å²) in [5.41, 5.74) is -8.85. The zero-order valence-electron chi connectivity index (χ0n) is 22.4. The minimum Gasteiger partial charge on any atom is -0.453 e. The van der Waals surface area contributed by atoms with Crippen LogP contribution in [-0.4, -0.2) is 40.8 Å². The SMILES string of the molecule is CCC(C)(C)C(=O)OC(C)C(F)(F)F.CCC(C)c1cc(C(C)(O)C(F)(F)F)cc(C(C)(O)C(F)(F)F)c1. The number of halogens is 9. The molecule has 0 aromatic heterocycles. The van der Waals surface area contributed by atoms with E-state index in [1.54, 1.807) is 34.6 Å². The Bertz CT molecular complexity index is 886. The summed E-state index contributed by atoms with van der Waals surface area (Å²) in [5, 5.41) is 19.6. The number of alkyl halides is 9. The molecule has 0 radical (unpaired) electrons. The van der Waals surface area contributed by atoms with E-state index in [4.69, 9.17) is 0 Å². The van der Waals surface area contributed by atoms with Crippen LogP contribution in [0.3, 0.4) is 0 Å². The monoisotopic (exact) mass is 570 g/mol. The van der Waals surface area contributed by atoms with E-state index >= 15 is 0 Å². The van der Waals surface area contributed by atoms with Crippen molar-refractivity contribution in [2.24, 2.45) is 5.41 Å². The highest BCUT2D eigenvalue weighted by Crippen LogP contribution is 2.44. The second kappa shape index (κ2) is 12.0. The maximum atomic E-state index is 13.1. The number of carbonyl (C=O) groups is 1. The molecule has 0 saturated heterocycles. The van der Waals surface area contributed by atoms with Gasteiger partial charge in [-0.05, 0) is 76.1 Å². The molecule has 0 heterocycles. The summed E-state index contributed by atoms with van der Waals surface area (Å²) in [4.78, 5) is 11.2. The molecule has 0 aliphatic carbocycles.